The van der Waals surface area contributed by atoms with Crippen LogP contribution in [0.5, 0.6) is 5.75 Å². The number of rotatable bonds is 7. The first-order valence-electron chi connectivity index (χ1n) is 20.4. The molecule has 5 unspecified atom stereocenters. The van der Waals surface area contributed by atoms with E-state index in [1.54, 1.807) is 25.1 Å². The minimum absolute atomic E-state index is 0.0139. The van der Waals surface area contributed by atoms with Crippen LogP contribution in [0.3, 0.4) is 0 Å². The van der Waals surface area contributed by atoms with Gasteiger partial charge in [0.2, 0.25) is 0 Å². The van der Waals surface area contributed by atoms with Gasteiger partial charge in [0.15, 0.2) is 12.6 Å². The zero-order valence-electron chi connectivity index (χ0n) is 32.0. The van der Waals surface area contributed by atoms with Crippen LogP contribution in [0.15, 0.2) is 35.9 Å². The van der Waals surface area contributed by atoms with Crippen LogP contribution in [0.25, 0.3) is 0 Å². The zero-order valence-corrected chi connectivity index (χ0v) is 32.0. The average molecular weight is 757 g/mol. The Kier molecular flexibility index (Phi) is 10.3. The summed E-state index contributed by atoms with van der Waals surface area (Å²) in [5.74, 6) is -0.00297. The number of phenolic OH excluding ortho intramolecular Hbond substituents is 1. The van der Waals surface area contributed by atoms with Crippen molar-refractivity contribution >= 4 is 5.97 Å². The SMILES string of the molecule is CC1O[C@@H](OC2C(C)O[C@@H](O[C@H]3CC[C@@]4(C)[C@H](CC[C@@H]5[C@@H]4C[C@@H](O)[C@]4(C)[C@@H](C6=CC(=O)OC6Cc6ccccc6O)CC[C@]54O)C3)C[C@H]2O)C[C@@H](O)C1O. The number of aliphatic hydroxyl groups is 5. The number of hydrogen-bond acceptors (Lipinski definition) is 12. The summed E-state index contributed by atoms with van der Waals surface area (Å²) in [6.07, 6.45) is 1.08. The van der Waals surface area contributed by atoms with Crippen molar-refractivity contribution in [2.45, 2.75) is 171 Å². The van der Waals surface area contributed by atoms with Gasteiger partial charge in [0, 0.05) is 30.8 Å². The van der Waals surface area contributed by atoms with E-state index in [0.717, 1.165) is 37.7 Å². The fourth-order valence-electron chi connectivity index (χ4n) is 12.5. The number of ether oxygens (including phenoxy) is 5. The Morgan fingerprint density at radius 2 is 1.56 bits per heavy atom. The van der Waals surface area contributed by atoms with E-state index in [1.165, 1.54) is 0 Å². The van der Waals surface area contributed by atoms with E-state index in [0.29, 0.717) is 37.2 Å². The summed E-state index contributed by atoms with van der Waals surface area (Å²) >= 11 is 0. The van der Waals surface area contributed by atoms with Crippen LogP contribution in [-0.4, -0.2) is 110 Å². The van der Waals surface area contributed by atoms with E-state index in [1.807, 2.05) is 26.0 Å². The van der Waals surface area contributed by atoms with E-state index < -0.39 is 78.4 Å². The Labute approximate surface area is 317 Å². The molecule has 3 heterocycles. The van der Waals surface area contributed by atoms with E-state index in [9.17, 15) is 35.4 Å². The number of carbonyl (C=O) groups is 1. The van der Waals surface area contributed by atoms with Crippen molar-refractivity contribution in [3.05, 3.63) is 41.5 Å². The molecule has 0 radical (unpaired) electrons. The highest BCUT2D eigenvalue weighted by Gasteiger charge is 2.71. The molecule has 6 N–H and O–H groups in total. The van der Waals surface area contributed by atoms with Crippen molar-refractivity contribution < 1.29 is 59.1 Å². The maximum atomic E-state index is 12.9. The van der Waals surface area contributed by atoms with Crippen LogP contribution >= 0.6 is 0 Å². The largest absolute Gasteiger partial charge is 0.508 e. The van der Waals surface area contributed by atoms with E-state index in [4.69, 9.17) is 23.7 Å². The van der Waals surface area contributed by atoms with Crippen LogP contribution < -0.4 is 0 Å². The summed E-state index contributed by atoms with van der Waals surface area (Å²) in [4.78, 5) is 12.7. The van der Waals surface area contributed by atoms with Gasteiger partial charge in [0.1, 0.15) is 24.1 Å². The number of esters is 1. The number of aliphatic hydroxyl groups excluding tert-OH is 4. The highest BCUT2D eigenvalue weighted by molar-refractivity contribution is 5.86. The highest BCUT2D eigenvalue weighted by Crippen LogP contribution is 2.70. The molecule has 8 rings (SSSR count). The number of para-hydroxylation sites is 1. The summed E-state index contributed by atoms with van der Waals surface area (Å²) < 4.78 is 30.4. The molecule has 0 spiro atoms. The summed E-state index contributed by atoms with van der Waals surface area (Å²) in [5, 5.41) is 66.9. The first kappa shape index (κ1) is 38.7. The average Bonchev–Trinajstić information content (AvgIpc) is 3.62. The van der Waals surface area contributed by atoms with Gasteiger partial charge in [-0.25, -0.2) is 4.79 Å². The van der Waals surface area contributed by atoms with E-state index in [-0.39, 0.29) is 47.9 Å². The third-order valence-electron chi connectivity index (χ3n) is 15.6. The Hall–Kier alpha value is -2.13. The van der Waals surface area contributed by atoms with Crippen molar-refractivity contribution in [2.75, 3.05) is 0 Å². The van der Waals surface area contributed by atoms with Crippen LogP contribution in [0.4, 0.5) is 0 Å². The number of carbonyl (C=O) groups excluding carboxylic acids is 1. The van der Waals surface area contributed by atoms with Crippen LogP contribution in [0.1, 0.15) is 97.5 Å². The summed E-state index contributed by atoms with van der Waals surface area (Å²) in [5.41, 5.74) is -0.541. The Bertz CT molecular complexity index is 1560. The second-order valence-corrected chi connectivity index (χ2v) is 18.2. The molecule has 0 aromatic heterocycles. The normalized spacial score (nSPS) is 50.4. The number of benzene rings is 1. The molecule has 18 atom stereocenters. The lowest BCUT2D eigenvalue weighted by molar-refractivity contribution is -0.318. The third kappa shape index (κ3) is 6.36. The minimum atomic E-state index is -1.10. The first-order chi connectivity index (χ1) is 25.6. The summed E-state index contributed by atoms with van der Waals surface area (Å²) in [6.45, 7) is 7.88. The van der Waals surface area contributed by atoms with Crippen molar-refractivity contribution in [1.82, 2.24) is 0 Å². The second-order valence-electron chi connectivity index (χ2n) is 18.2. The quantitative estimate of drug-likeness (QED) is 0.176. The number of fused-ring (bicyclic) bond motifs is 5. The van der Waals surface area contributed by atoms with Gasteiger partial charge in [-0.3, -0.25) is 0 Å². The summed E-state index contributed by atoms with van der Waals surface area (Å²) in [7, 11) is 0. The molecule has 0 amide bonds. The van der Waals surface area contributed by atoms with Crippen LogP contribution in [-0.2, 0) is 34.9 Å². The molecule has 1 aromatic rings. The van der Waals surface area contributed by atoms with Gasteiger partial charge in [0.25, 0.3) is 0 Å². The second kappa shape index (κ2) is 14.4. The van der Waals surface area contributed by atoms with Crippen molar-refractivity contribution in [3.63, 3.8) is 0 Å². The third-order valence-corrected chi connectivity index (χ3v) is 15.6. The molecule has 54 heavy (non-hydrogen) atoms. The zero-order chi connectivity index (χ0) is 38.3. The maximum Gasteiger partial charge on any atom is 0.331 e. The van der Waals surface area contributed by atoms with E-state index in [2.05, 4.69) is 6.92 Å². The molecular weight excluding hydrogens is 696 g/mol. The van der Waals surface area contributed by atoms with Gasteiger partial charge < -0.3 is 54.3 Å². The number of phenols is 1. The fraction of sp³-hybridized carbons (Fsp3) is 0.786. The van der Waals surface area contributed by atoms with Gasteiger partial charge >= 0.3 is 5.97 Å². The Balaban J connectivity index is 0.913. The Morgan fingerprint density at radius 1 is 0.833 bits per heavy atom. The molecule has 1 aromatic carbocycles. The number of cyclic esters (lactones) is 1. The van der Waals surface area contributed by atoms with Gasteiger partial charge in [-0.2, -0.15) is 0 Å². The predicted molar refractivity (Wildman–Crippen MR) is 194 cm³/mol. The monoisotopic (exact) mass is 756 g/mol. The molecule has 300 valence electrons. The molecule has 7 aliphatic rings. The first-order valence-corrected chi connectivity index (χ1v) is 20.4. The van der Waals surface area contributed by atoms with Crippen LogP contribution in [0.2, 0.25) is 0 Å². The highest BCUT2D eigenvalue weighted by atomic mass is 16.7. The molecule has 4 saturated carbocycles. The fourth-order valence-corrected chi connectivity index (χ4v) is 12.5. The summed E-state index contributed by atoms with van der Waals surface area (Å²) in [6, 6.07) is 7.07. The molecule has 2 saturated heterocycles. The van der Waals surface area contributed by atoms with Crippen molar-refractivity contribution in [1.29, 1.82) is 0 Å². The lowest BCUT2D eigenvalue weighted by Gasteiger charge is -2.65. The molecule has 3 aliphatic heterocycles. The number of hydrogen-bond donors (Lipinski definition) is 6. The minimum Gasteiger partial charge on any atom is -0.508 e. The Morgan fingerprint density at radius 3 is 2.30 bits per heavy atom. The molecule has 0 bridgehead atoms. The van der Waals surface area contributed by atoms with Crippen LogP contribution in [0, 0.1) is 34.5 Å². The van der Waals surface area contributed by atoms with Crippen molar-refractivity contribution in [3.8, 4) is 5.75 Å². The molecule has 4 aliphatic carbocycles. The smallest absolute Gasteiger partial charge is 0.331 e. The van der Waals surface area contributed by atoms with Gasteiger partial charge in [0.05, 0.1) is 42.2 Å². The topological polar surface area (TPSA) is 185 Å². The molecule has 12 nitrogen and oxygen atoms in total. The van der Waals surface area contributed by atoms with Gasteiger partial charge in [-0.15, -0.1) is 0 Å². The van der Waals surface area contributed by atoms with Gasteiger partial charge in [-0.05, 0) is 112 Å². The lowest BCUT2D eigenvalue weighted by atomic mass is 9.42. The number of aromatic hydroxyl groups is 1. The molecule has 12 heteroatoms. The standard InChI is InChI=1S/C42H60O12/c1-21-38(48)31(44)19-37(50-21)54-39-22(2)51-36(20-32(39)45)52-25-11-13-40(3)24(16-25)9-10-28-29(40)18-34(46)41(4)27(12-14-42(28,41)49)26-17-35(47)53-33(26)15-23-7-5-6-8-30(23)43/h5-8,17,21-22,24-25,27-29,31-34,36-39,43-46,48-49H,9-16,18-20H2,1-4H3/t21?,22?,24-,25+,27-,28-,29+,31-,32-,33?,34-,36+,37+,38?,39?,40+,41+,42+/m1/s1. The van der Waals surface area contributed by atoms with Gasteiger partial charge in [-0.1, -0.05) is 32.0 Å². The molecular formula is C42H60O12. The maximum absolute atomic E-state index is 12.9. The van der Waals surface area contributed by atoms with E-state index >= 15 is 0 Å². The lowest BCUT2D eigenvalue weighted by Crippen LogP contribution is -2.67. The van der Waals surface area contributed by atoms with Crippen molar-refractivity contribution in [2.24, 2.45) is 34.5 Å². The molecule has 6 fully saturated rings. The predicted octanol–water partition coefficient (Wildman–Crippen LogP) is 3.65.